The first-order valence-electron chi connectivity index (χ1n) is 6.07. The number of ether oxygens (including phenoxy) is 1. The molecule has 1 aromatic carbocycles. The minimum atomic E-state index is -1.17. The second-order valence-electron chi connectivity index (χ2n) is 4.06. The highest BCUT2D eigenvalue weighted by Gasteiger charge is 2.14. The van der Waals surface area contributed by atoms with Crippen molar-refractivity contribution in [3.05, 3.63) is 60.7 Å². The van der Waals surface area contributed by atoms with E-state index in [-0.39, 0.29) is 17.5 Å². The van der Waals surface area contributed by atoms with Crippen LogP contribution < -0.4 is 4.74 Å². The summed E-state index contributed by atoms with van der Waals surface area (Å²) in [5.74, 6) is -1.08. The van der Waals surface area contributed by atoms with Crippen LogP contribution >= 0.6 is 0 Å². The van der Waals surface area contributed by atoms with Gasteiger partial charge in [0.15, 0.2) is 11.4 Å². The van der Waals surface area contributed by atoms with E-state index in [0.29, 0.717) is 0 Å². The molecule has 0 aliphatic carbocycles. The van der Waals surface area contributed by atoms with Crippen molar-refractivity contribution >= 4 is 5.97 Å². The smallest absolute Gasteiger partial charge is 0.358 e. The van der Waals surface area contributed by atoms with Crippen LogP contribution in [0.1, 0.15) is 10.5 Å². The number of nitrogens with zero attached hydrogens (tertiary/aromatic N) is 4. The maximum atomic E-state index is 11.1. The molecule has 0 bridgehead atoms. The maximum Gasteiger partial charge on any atom is 0.358 e. The van der Waals surface area contributed by atoms with E-state index >= 15 is 0 Å². The Morgan fingerprint density at radius 2 is 1.90 bits per heavy atom. The number of aromatic carboxylic acids is 1. The maximum absolute atomic E-state index is 11.1. The molecule has 2 aromatic heterocycles. The van der Waals surface area contributed by atoms with Gasteiger partial charge in [-0.2, -0.15) is 4.98 Å². The first kappa shape index (κ1) is 12.8. The number of hydrogen-bond donors (Lipinski definition) is 1. The number of carbonyl (C=O) groups is 1. The highest BCUT2D eigenvalue weighted by atomic mass is 16.5. The molecule has 2 heterocycles. The number of aromatic nitrogens is 4. The summed E-state index contributed by atoms with van der Waals surface area (Å²) in [6.45, 7) is 0. The van der Waals surface area contributed by atoms with Crippen molar-refractivity contribution in [2.24, 2.45) is 0 Å². The van der Waals surface area contributed by atoms with Gasteiger partial charge in [-0.25, -0.2) is 14.5 Å². The molecule has 0 fully saturated rings. The topological polar surface area (TPSA) is 90.1 Å². The molecule has 21 heavy (non-hydrogen) atoms. The molecule has 0 aliphatic rings. The lowest BCUT2D eigenvalue weighted by molar-refractivity contribution is 0.0687. The van der Waals surface area contributed by atoms with Crippen molar-refractivity contribution in [2.45, 2.75) is 0 Å². The number of carboxylic acids is 1. The Hall–Kier alpha value is -3.22. The van der Waals surface area contributed by atoms with E-state index in [0.717, 1.165) is 5.69 Å². The van der Waals surface area contributed by atoms with Gasteiger partial charge in [0.25, 0.3) is 0 Å². The fourth-order valence-corrected chi connectivity index (χ4v) is 1.73. The van der Waals surface area contributed by atoms with Gasteiger partial charge in [0.05, 0.1) is 5.69 Å². The molecule has 7 heteroatoms. The molecule has 0 radical (unpaired) electrons. The number of para-hydroxylation sites is 1. The molecule has 0 saturated heterocycles. The number of rotatable bonds is 4. The van der Waals surface area contributed by atoms with Gasteiger partial charge in [-0.15, -0.1) is 5.10 Å². The average Bonchev–Trinajstić information content (AvgIpc) is 2.97. The highest BCUT2D eigenvalue weighted by Crippen LogP contribution is 2.21. The summed E-state index contributed by atoms with van der Waals surface area (Å²) in [6, 6.07) is 12.5. The van der Waals surface area contributed by atoms with E-state index in [1.807, 2.05) is 30.3 Å². The Morgan fingerprint density at radius 3 is 2.67 bits per heavy atom. The predicted molar refractivity (Wildman–Crippen MR) is 72.6 cm³/mol. The number of benzene rings is 1. The van der Waals surface area contributed by atoms with Gasteiger partial charge < -0.3 is 9.84 Å². The van der Waals surface area contributed by atoms with Crippen molar-refractivity contribution in [1.82, 2.24) is 19.7 Å². The van der Waals surface area contributed by atoms with E-state index in [2.05, 4.69) is 15.1 Å². The number of hydrogen-bond acceptors (Lipinski definition) is 5. The molecule has 3 aromatic rings. The minimum Gasteiger partial charge on any atom is -0.476 e. The Kier molecular flexibility index (Phi) is 3.30. The third kappa shape index (κ3) is 2.71. The Balaban J connectivity index is 1.87. The first-order valence-corrected chi connectivity index (χ1v) is 6.07. The molecule has 7 nitrogen and oxygen atoms in total. The van der Waals surface area contributed by atoms with E-state index in [1.54, 1.807) is 6.07 Å². The molecule has 1 N–H and O–H groups in total. The minimum absolute atomic E-state index is 0.0503. The van der Waals surface area contributed by atoms with Crippen LogP contribution in [0.5, 0.6) is 11.8 Å². The summed E-state index contributed by atoms with van der Waals surface area (Å²) in [6.07, 6.45) is 2.87. The average molecular weight is 282 g/mol. The standard InChI is InChI=1S/C14H10N4O3/c19-13(20)12-11(7-4-8-15-12)21-14-16-9-18(17-14)10-5-2-1-3-6-10/h1-9H,(H,19,20). The third-order valence-corrected chi connectivity index (χ3v) is 2.67. The van der Waals surface area contributed by atoms with Crippen molar-refractivity contribution in [3.8, 4) is 17.4 Å². The first-order chi connectivity index (χ1) is 10.2. The van der Waals surface area contributed by atoms with Crippen LogP contribution in [0.4, 0.5) is 0 Å². The van der Waals surface area contributed by atoms with Crippen LogP contribution in [0, 0.1) is 0 Å². The van der Waals surface area contributed by atoms with Crippen molar-refractivity contribution in [3.63, 3.8) is 0 Å². The van der Waals surface area contributed by atoms with Crippen molar-refractivity contribution in [1.29, 1.82) is 0 Å². The summed E-state index contributed by atoms with van der Waals surface area (Å²) in [4.78, 5) is 18.8. The molecule has 104 valence electrons. The normalized spacial score (nSPS) is 10.3. The zero-order valence-corrected chi connectivity index (χ0v) is 10.7. The van der Waals surface area contributed by atoms with Crippen LogP contribution in [-0.2, 0) is 0 Å². The summed E-state index contributed by atoms with van der Waals surface area (Å²) in [5, 5.41) is 13.2. The lowest BCUT2D eigenvalue weighted by Crippen LogP contribution is -2.03. The van der Waals surface area contributed by atoms with Gasteiger partial charge in [-0.3, -0.25) is 0 Å². The predicted octanol–water partition coefficient (Wildman–Crippen LogP) is 2.15. The van der Waals surface area contributed by atoms with Crippen LogP contribution in [0.25, 0.3) is 5.69 Å². The van der Waals surface area contributed by atoms with Gasteiger partial charge in [0.1, 0.15) is 6.33 Å². The molecule has 3 rings (SSSR count). The summed E-state index contributed by atoms with van der Waals surface area (Å²) in [7, 11) is 0. The fraction of sp³-hybridized carbons (Fsp3) is 0. The van der Waals surface area contributed by atoms with Gasteiger partial charge in [-0.1, -0.05) is 18.2 Å². The molecule has 0 unspecified atom stereocenters. The van der Waals surface area contributed by atoms with Crippen molar-refractivity contribution in [2.75, 3.05) is 0 Å². The van der Waals surface area contributed by atoms with Gasteiger partial charge in [0, 0.05) is 6.20 Å². The van der Waals surface area contributed by atoms with Gasteiger partial charge >= 0.3 is 12.0 Å². The zero-order chi connectivity index (χ0) is 14.7. The molecular weight excluding hydrogens is 272 g/mol. The SMILES string of the molecule is O=C(O)c1ncccc1Oc1ncn(-c2ccccc2)n1. The van der Waals surface area contributed by atoms with E-state index in [1.165, 1.54) is 23.3 Å². The molecule has 0 atom stereocenters. The fourth-order valence-electron chi connectivity index (χ4n) is 1.73. The zero-order valence-electron chi connectivity index (χ0n) is 10.7. The summed E-state index contributed by atoms with van der Waals surface area (Å²) >= 11 is 0. The monoisotopic (exact) mass is 282 g/mol. The molecule has 0 saturated carbocycles. The van der Waals surface area contributed by atoms with E-state index in [9.17, 15) is 4.79 Å². The molecular formula is C14H10N4O3. The lowest BCUT2D eigenvalue weighted by Gasteiger charge is -2.03. The largest absolute Gasteiger partial charge is 0.476 e. The lowest BCUT2D eigenvalue weighted by atomic mass is 10.3. The second-order valence-corrected chi connectivity index (χ2v) is 4.06. The Labute approximate surface area is 119 Å². The Bertz CT molecular complexity index is 771. The molecule has 0 amide bonds. The Morgan fingerprint density at radius 1 is 1.10 bits per heavy atom. The summed E-state index contributed by atoms with van der Waals surface area (Å²) < 4.78 is 6.92. The van der Waals surface area contributed by atoms with Gasteiger partial charge in [0.2, 0.25) is 0 Å². The van der Waals surface area contributed by atoms with Crippen LogP contribution in [-0.4, -0.2) is 30.8 Å². The van der Waals surface area contributed by atoms with Gasteiger partial charge in [-0.05, 0) is 24.3 Å². The van der Waals surface area contributed by atoms with Crippen LogP contribution in [0.3, 0.4) is 0 Å². The number of carboxylic acid groups (broad SMARTS) is 1. The van der Waals surface area contributed by atoms with Crippen molar-refractivity contribution < 1.29 is 14.6 Å². The quantitative estimate of drug-likeness (QED) is 0.788. The number of pyridine rings is 1. The molecule has 0 aliphatic heterocycles. The highest BCUT2D eigenvalue weighted by molar-refractivity contribution is 5.88. The second kappa shape index (κ2) is 5.41. The summed E-state index contributed by atoms with van der Waals surface area (Å²) in [5.41, 5.74) is 0.637. The van der Waals surface area contributed by atoms with E-state index in [4.69, 9.17) is 9.84 Å². The van der Waals surface area contributed by atoms with Crippen LogP contribution in [0.2, 0.25) is 0 Å². The molecule has 0 spiro atoms. The van der Waals surface area contributed by atoms with Crippen LogP contribution in [0.15, 0.2) is 55.0 Å². The third-order valence-electron chi connectivity index (χ3n) is 2.67. The van der Waals surface area contributed by atoms with E-state index < -0.39 is 5.97 Å².